The van der Waals surface area contributed by atoms with E-state index in [0.29, 0.717) is 11.9 Å². The Bertz CT molecular complexity index is 687. The summed E-state index contributed by atoms with van der Waals surface area (Å²) in [6, 6.07) is 10.8. The maximum absolute atomic E-state index is 11.2. The Hall–Kier alpha value is -2.18. The molecule has 6 heteroatoms. The molecule has 0 bridgehead atoms. The molecule has 0 atom stereocenters. The third-order valence-corrected chi connectivity index (χ3v) is 4.09. The lowest BCUT2D eigenvalue weighted by atomic mass is 10.1. The Labute approximate surface area is 128 Å². The number of hydrazine groups is 1. The van der Waals surface area contributed by atoms with Gasteiger partial charge >= 0.3 is 0 Å². The zero-order valence-electron chi connectivity index (χ0n) is 12.3. The minimum atomic E-state index is -0.339. The van der Waals surface area contributed by atoms with Crippen molar-refractivity contribution >= 4 is 22.1 Å². The molecule has 1 N–H and O–H groups in total. The van der Waals surface area contributed by atoms with Crippen molar-refractivity contribution in [2.24, 2.45) is 0 Å². The average molecular weight is 301 g/mol. The summed E-state index contributed by atoms with van der Waals surface area (Å²) in [5, 5.41) is 26.3. The second kappa shape index (κ2) is 6.29. The van der Waals surface area contributed by atoms with Crippen molar-refractivity contribution < 1.29 is 10.0 Å². The summed E-state index contributed by atoms with van der Waals surface area (Å²) >= 11 is 0. The zero-order valence-corrected chi connectivity index (χ0v) is 12.3. The highest BCUT2D eigenvalue weighted by Crippen LogP contribution is 2.35. The predicted octanol–water partition coefficient (Wildman–Crippen LogP) is 2.56. The summed E-state index contributed by atoms with van der Waals surface area (Å²) in [4.78, 5) is 10.9. The molecule has 0 spiro atoms. The molecule has 0 aromatic heterocycles. The zero-order chi connectivity index (χ0) is 15.5. The van der Waals surface area contributed by atoms with E-state index in [4.69, 9.17) is 0 Å². The predicted molar refractivity (Wildman–Crippen MR) is 85.8 cm³/mol. The third kappa shape index (κ3) is 2.63. The Kier molecular flexibility index (Phi) is 4.22. The standard InChI is InChI=1S/C16H19N3O3/c20-12-11-17-9-3-4-10-18(17)15-7-8-16(19(21)22)14-6-2-1-5-13(14)15/h1-2,5-8,20H,3-4,9-12H2. The number of aliphatic hydroxyl groups excluding tert-OH is 1. The molecule has 6 nitrogen and oxygen atoms in total. The molecule has 0 saturated carbocycles. The quantitative estimate of drug-likeness (QED) is 0.694. The molecule has 116 valence electrons. The first kappa shape index (κ1) is 14.7. The maximum atomic E-state index is 11.2. The van der Waals surface area contributed by atoms with Crippen molar-refractivity contribution in [1.82, 2.24) is 5.01 Å². The van der Waals surface area contributed by atoms with Crippen molar-refractivity contribution in [3.8, 4) is 0 Å². The number of aliphatic hydroxyl groups is 1. The molecule has 1 aliphatic rings. The van der Waals surface area contributed by atoms with E-state index >= 15 is 0 Å². The monoisotopic (exact) mass is 301 g/mol. The lowest BCUT2D eigenvalue weighted by molar-refractivity contribution is -0.383. The smallest absolute Gasteiger partial charge is 0.277 e. The lowest BCUT2D eigenvalue weighted by Crippen LogP contribution is -2.48. The number of nitro groups is 1. The molecule has 1 fully saturated rings. The number of non-ortho nitro benzene ring substituents is 1. The van der Waals surface area contributed by atoms with Gasteiger partial charge in [-0.1, -0.05) is 18.2 Å². The second-order valence-electron chi connectivity index (χ2n) is 5.41. The number of nitro benzene ring substituents is 1. The molecular weight excluding hydrogens is 282 g/mol. The number of hydrogen-bond donors (Lipinski definition) is 1. The fraction of sp³-hybridized carbons (Fsp3) is 0.375. The van der Waals surface area contributed by atoms with E-state index in [0.717, 1.165) is 37.0 Å². The number of rotatable bonds is 4. The average Bonchev–Trinajstić information content (AvgIpc) is 2.54. The Balaban J connectivity index is 2.10. The molecule has 0 amide bonds. The van der Waals surface area contributed by atoms with Crippen LogP contribution in [0.1, 0.15) is 12.8 Å². The van der Waals surface area contributed by atoms with Gasteiger partial charge in [-0.25, -0.2) is 5.01 Å². The number of anilines is 1. The number of nitrogens with zero attached hydrogens (tertiary/aromatic N) is 3. The van der Waals surface area contributed by atoms with Crippen molar-refractivity contribution in [2.45, 2.75) is 12.8 Å². The van der Waals surface area contributed by atoms with Crippen molar-refractivity contribution in [1.29, 1.82) is 0 Å². The van der Waals surface area contributed by atoms with Gasteiger partial charge < -0.3 is 10.1 Å². The van der Waals surface area contributed by atoms with Gasteiger partial charge in [0.15, 0.2) is 0 Å². The maximum Gasteiger partial charge on any atom is 0.277 e. The van der Waals surface area contributed by atoms with E-state index in [-0.39, 0.29) is 17.2 Å². The van der Waals surface area contributed by atoms with E-state index in [2.05, 4.69) is 10.0 Å². The third-order valence-electron chi connectivity index (χ3n) is 4.09. The van der Waals surface area contributed by atoms with Crippen LogP contribution in [-0.4, -0.2) is 41.3 Å². The molecule has 0 aliphatic carbocycles. The normalized spacial score (nSPS) is 16.1. The van der Waals surface area contributed by atoms with Crippen molar-refractivity contribution in [3.05, 3.63) is 46.5 Å². The summed E-state index contributed by atoms with van der Waals surface area (Å²) in [6.45, 7) is 2.43. The molecule has 2 aromatic carbocycles. The summed E-state index contributed by atoms with van der Waals surface area (Å²) in [6.07, 6.45) is 2.18. The molecule has 0 radical (unpaired) electrons. The Morgan fingerprint density at radius 3 is 2.55 bits per heavy atom. The molecule has 1 aliphatic heterocycles. The first-order chi connectivity index (χ1) is 10.7. The number of hydrogen-bond acceptors (Lipinski definition) is 5. The minimum absolute atomic E-state index is 0.0986. The van der Waals surface area contributed by atoms with Crippen LogP contribution in [0, 0.1) is 10.1 Å². The number of benzene rings is 2. The molecular formula is C16H19N3O3. The summed E-state index contributed by atoms with van der Waals surface area (Å²) in [5.74, 6) is 0. The SMILES string of the molecule is O=[N+]([O-])c1ccc(N2CCCCN2CCO)c2ccccc12. The van der Waals surface area contributed by atoms with Crippen LogP contribution in [0.2, 0.25) is 0 Å². The number of fused-ring (bicyclic) bond motifs is 1. The fourth-order valence-corrected chi connectivity index (χ4v) is 3.09. The van der Waals surface area contributed by atoms with Gasteiger partial charge in [-0.2, -0.15) is 0 Å². The van der Waals surface area contributed by atoms with Gasteiger partial charge in [0, 0.05) is 31.1 Å². The minimum Gasteiger partial charge on any atom is -0.395 e. The number of β-amino-alcohol motifs (C(OH)–C–C–N with tert-alkyl or cyclic N) is 1. The van der Waals surface area contributed by atoms with Crippen LogP contribution in [0.15, 0.2) is 36.4 Å². The van der Waals surface area contributed by atoms with E-state index in [1.807, 2.05) is 24.3 Å². The summed E-state index contributed by atoms with van der Waals surface area (Å²) in [7, 11) is 0. The van der Waals surface area contributed by atoms with Crippen LogP contribution in [0.25, 0.3) is 10.8 Å². The van der Waals surface area contributed by atoms with Crippen LogP contribution >= 0.6 is 0 Å². The van der Waals surface area contributed by atoms with Gasteiger partial charge in [0.25, 0.3) is 5.69 Å². The fourth-order valence-electron chi connectivity index (χ4n) is 3.09. The first-order valence-electron chi connectivity index (χ1n) is 7.52. The van der Waals surface area contributed by atoms with Crippen LogP contribution < -0.4 is 5.01 Å². The highest BCUT2D eigenvalue weighted by Gasteiger charge is 2.23. The highest BCUT2D eigenvalue weighted by molar-refractivity contribution is 5.99. The molecule has 2 aromatic rings. The molecule has 22 heavy (non-hydrogen) atoms. The van der Waals surface area contributed by atoms with Gasteiger partial charge in [0.1, 0.15) is 0 Å². The van der Waals surface area contributed by atoms with Gasteiger partial charge in [0.2, 0.25) is 0 Å². The van der Waals surface area contributed by atoms with E-state index in [1.165, 1.54) is 0 Å². The lowest BCUT2D eigenvalue weighted by Gasteiger charge is -2.40. The second-order valence-corrected chi connectivity index (χ2v) is 5.41. The van der Waals surface area contributed by atoms with Crippen LogP contribution in [0.3, 0.4) is 0 Å². The summed E-state index contributed by atoms with van der Waals surface area (Å²) < 4.78 is 0. The van der Waals surface area contributed by atoms with Gasteiger partial charge in [0.05, 0.1) is 22.6 Å². The summed E-state index contributed by atoms with van der Waals surface area (Å²) in [5.41, 5.74) is 1.10. The first-order valence-corrected chi connectivity index (χ1v) is 7.52. The molecule has 1 saturated heterocycles. The van der Waals surface area contributed by atoms with Crippen LogP contribution in [-0.2, 0) is 0 Å². The molecule has 0 unspecified atom stereocenters. The van der Waals surface area contributed by atoms with E-state index in [1.54, 1.807) is 12.1 Å². The Morgan fingerprint density at radius 1 is 1.09 bits per heavy atom. The largest absolute Gasteiger partial charge is 0.395 e. The van der Waals surface area contributed by atoms with Gasteiger partial charge in [-0.3, -0.25) is 10.1 Å². The highest BCUT2D eigenvalue weighted by atomic mass is 16.6. The van der Waals surface area contributed by atoms with Crippen LogP contribution in [0.5, 0.6) is 0 Å². The molecule has 3 rings (SSSR count). The van der Waals surface area contributed by atoms with Crippen molar-refractivity contribution in [3.63, 3.8) is 0 Å². The van der Waals surface area contributed by atoms with Gasteiger partial charge in [-0.15, -0.1) is 0 Å². The Morgan fingerprint density at radius 2 is 1.82 bits per heavy atom. The topological polar surface area (TPSA) is 69.9 Å². The molecule has 1 heterocycles. The van der Waals surface area contributed by atoms with Crippen molar-refractivity contribution in [2.75, 3.05) is 31.3 Å². The van der Waals surface area contributed by atoms with Gasteiger partial charge in [-0.05, 0) is 25.0 Å². The van der Waals surface area contributed by atoms with Crippen LogP contribution in [0.4, 0.5) is 11.4 Å². The van der Waals surface area contributed by atoms with E-state index in [9.17, 15) is 15.2 Å². The van der Waals surface area contributed by atoms with E-state index < -0.39 is 0 Å².